The molecule has 3 heterocycles. The minimum Gasteiger partial charge on any atom is -0.394 e. The van der Waals surface area contributed by atoms with Crippen molar-refractivity contribution in [2.75, 3.05) is 19.5 Å². The van der Waals surface area contributed by atoms with Crippen LogP contribution in [0.4, 0.5) is 5.82 Å². The topological polar surface area (TPSA) is 184 Å². The van der Waals surface area contributed by atoms with Crippen LogP contribution in [0, 0.1) is 0 Å². The number of hydrogen-bond acceptors (Lipinski definition) is 10. The van der Waals surface area contributed by atoms with Gasteiger partial charge in [-0.15, -0.1) is 0 Å². The third kappa shape index (κ3) is 3.44. The number of ether oxygens (including phenoxy) is 1. The number of anilines is 1. The van der Waals surface area contributed by atoms with Crippen molar-refractivity contribution in [1.29, 1.82) is 0 Å². The van der Waals surface area contributed by atoms with Crippen LogP contribution in [0.5, 0.6) is 0 Å². The number of nitrogens with two attached hydrogens (primary N) is 1. The molecule has 4 atom stereocenters. The summed E-state index contributed by atoms with van der Waals surface area (Å²) < 4.78 is 23.7. The van der Waals surface area contributed by atoms with Gasteiger partial charge in [0, 0.05) is 0 Å². The number of hydrogen-bond donors (Lipinski definition) is 4. The molecule has 14 heteroatoms. The van der Waals surface area contributed by atoms with E-state index in [1.165, 1.54) is 24.3 Å². The quantitative estimate of drug-likeness (QED) is 0.258. The summed E-state index contributed by atoms with van der Waals surface area (Å²) in [6, 6.07) is 0. The number of rotatable bonds is 7. The maximum atomic E-state index is 11.4. The predicted molar refractivity (Wildman–Crippen MR) is 88.8 cm³/mol. The van der Waals surface area contributed by atoms with Crippen molar-refractivity contribution < 1.29 is 38.5 Å². The highest BCUT2D eigenvalue weighted by atomic mass is 31.2. The maximum Gasteiger partial charge on any atom is 0.470 e. The van der Waals surface area contributed by atoms with Crippen LogP contribution < -0.4 is 5.73 Å². The molecule has 2 aromatic heterocycles. The predicted octanol–water partition coefficient (Wildman–Crippen LogP) is -0.713. The molecule has 0 spiro atoms. The van der Waals surface area contributed by atoms with Crippen LogP contribution in [0.1, 0.15) is 13.3 Å². The molecule has 0 aliphatic carbocycles. The first-order chi connectivity index (χ1) is 12.8. The molecule has 27 heavy (non-hydrogen) atoms. The van der Waals surface area contributed by atoms with Crippen molar-refractivity contribution in [1.82, 2.24) is 19.5 Å². The number of fused-ring (bicyclic) bond motifs is 1. The van der Waals surface area contributed by atoms with Gasteiger partial charge in [0.1, 0.15) is 24.1 Å². The van der Waals surface area contributed by atoms with Gasteiger partial charge in [-0.2, -0.15) is 0 Å². The Hall–Kier alpha value is -1.70. The third-order valence-electron chi connectivity index (χ3n) is 4.38. The van der Waals surface area contributed by atoms with Crippen LogP contribution in [0.3, 0.4) is 0 Å². The highest BCUT2D eigenvalue weighted by molar-refractivity contribution is 7.46. The van der Waals surface area contributed by atoms with E-state index < -0.39 is 38.5 Å². The van der Waals surface area contributed by atoms with Gasteiger partial charge in [0.2, 0.25) is 0 Å². The van der Waals surface area contributed by atoms with E-state index in [0.29, 0.717) is 11.2 Å². The van der Waals surface area contributed by atoms with Crippen molar-refractivity contribution in [2.45, 2.75) is 37.4 Å². The Morgan fingerprint density at radius 1 is 1.41 bits per heavy atom. The molecule has 5 N–H and O–H groups in total. The molecule has 2 aromatic rings. The summed E-state index contributed by atoms with van der Waals surface area (Å²) >= 11 is 0. The Morgan fingerprint density at radius 3 is 2.74 bits per heavy atom. The summed E-state index contributed by atoms with van der Waals surface area (Å²) in [6.45, 7) is 1.16. The monoisotopic (exact) mass is 405 g/mol. The SMILES string of the molecule is CC[C@@]1(n2cnc3c(N)ncnc32)O[C@H](CO)[C@@H](OP(=O)(O)O)[C@H]1OOC. The normalized spacial score (nSPS) is 28.9. The molecule has 1 saturated heterocycles. The maximum absolute atomic E-state index is 11.4. The molecule has 0 saturated carbocycles. The number of nitrogen functional groups attached to an aromatic ring is 1. The van der Waals surface area contributed by atoms with Crippen molar-refractivity contribution in [3.8, 4) is 0 Å². The lowest BCUT2D eigenvalue weighted by atomic mass is 10.00. The third-order valence-corrected chi connectivity index (χ3v) is 4.90. The number of nitrogens with zero attached hydrogens (tertiary/aromatic N) is 4. The number of aromatic nitrogens is 4. The van der Waals surface area contributed by atoms with E-state index in [0.717, 1.165) is 0 Å². The molecule has 150 valence electrons. The van der Waals surface area contributed by atoms with Crippen molar-refractivity contribution in [3.05, 3.63) is 12.7 Å². The van der Waals surface area contributed by atoms with Gasteiger partial charge in [-0.05, 0) is 6.42 Å². The lowest BCUT2D eigenvalue weighted by Crippen LogP contribution is -2.47. The highest BCUT2D eigenvalue weighted by Crippen LogP contribution is 2.48. The van der Waals surface area contributed by atoms with Crippen molar-refractivity contribution in [3.63, 3.8) is 0 Å². The Kier molecular flexibility index (Phi) is 5.47. The zero-order chi connectivity index (χ0) is 19.8. The Labute approximate surface area is 153 Å². The second-order valence-corrected chi connectivity index (χ2v) is 7.02. The summed E-state index contributed by atoms with van der Waals surface area (Å²) in [6.07, 6.45) is -0.770. The van der Waals surface area contributed by atoms with E-state index in [2.05, 4.69) is 15.0 Å². The average Bonchev–Trinajstić information content (AvgIpc) is 3.16. The molecule has 0 radical (unpaired) electrons. The zero-order valence-electron chi connectivity index (χ0n) is 14.5. The molecular weight excluding hydrogens is 385 g/mol. The number of aliphatic hydroxyl groups is 1. The lowest BCUT2D eigenvalue weighted by molar-refractivity contribution is -0.344. The summed E-state index contributed by atoms with van der Waals surface area (Å²) in [4.78, 5) is 40.8. The van der Waals surface area contributed by atoms with Gasteiger partial charge in [-0.25, -0.2) is 29.3 Å². The molecular formula is C13H20N5O8P. The summed E-state index contributed by atoms with van der Waals surface area (Å²) in [5.74, 6) is 0.147. The Morgan fingerprint density at radius 2 is 2.15 bits per heavy atom. The largest absolute Gasteiger partial charge is 0.470 e. The van der Waals surface area contributed by atoms with Gasteiger partial charge in [-0.3, -0.25) is 9.09 Å². The molecule has 3 rings (SSSR count). The minimum atomic E-state index is -4.92. The van der Waals surface area contributed by atoms with E-state index in [1.807, 2.05) is 0 Å². The second-order valence-electron chi connectivity index (χ2n) is 5.83. The molecule has 0 bridgehead atoms. The van der Waals surface area contributed by atoms with Gasteiger partial charge in [0.15, 0.2) is 23.3 Å². The first-order valence-corrected chi connectivity index (χ1v) is 9.46. The van der Waals surface area contributed by atoms with Crippen molar-refractivity contribution >= 4 is 24.8 Å². The van der Waals surface area contributed by atoms with Crippen LogP contribution in [0.25, 0.3) is 11.2 Å². The van der Waals surface area contributed by atoms with Gasteiger partial charge >= 0.3 is 7.82 Å². The molecule has 0 amide bonds. The minimum absolute atomic E-state index is 0.147. The summed E-state index contributed by atoms with van der Waals surface area (Å²) in [5, 5.41) is 9.68. The number of aliphatic hydroxyl groups excluding tert-OH is 1. The molecule has 1 aliphatic rings. The smallest absolute Gasteiger partial charge is 0.394 e. The fraction of sp³-hybridized carbons (Fsp3) is 0.615. The van der Waals surface area contributed by atoms with Crippen LogP contribution in [-0.4, -0.2) is 66.4 Å². The van der Waals surface area contributed by atoms with E-state index in [-0.39, 0.29) is 12.2 Å². The van der Waals surface area contributed by atoms with E-state index in [4.69, 9.17) is 24.8 Å². The van der Waals surface area contributed by atoms with E-state index in [1.54, 1.807) is 6.92 Å². The molecule has 0 aromatic carbocycles. The molecule has 13 nitrogen and oxygen atoms in total. The first-order valence-electron chi connectivity index (χ1n) is 7.93. The average molecular weight is 405 g/mol. The number of phosphoric ester groups is 1. The summed E-state index contributed by atoms with van der Waals surface area (Å²) in [5.41, 5.74) is 5.03. The fourth-order valence-corrected chi connectivity index (χ4v) is 3.85. The Bertz CT molecular complexity index is 858. The number of imidazole rings is 1. The van der Waals surface area contributed by atoms with Crippen LogP contribution >= 0.6 is 7.82 Å². The van der Waals surface area contributed by atoms with Crippen LogP contribution in [0.2, 0.25) is 0 Å². The van der Waals surface area contributed by atoms with Gasteiger partial charge in [-0.1, -0.05) is 6.92 Å². The fourth-order valence-electron chi connectivity index (χ4n) is 3.28. The van der Waals surface area contributed by atoms with Crippen molar-refractivity contribution in [2.24, 2.45) is 0 Å². The first kappa shape index (κ1) is 20.0. The van der Waals surface area contributed by atoms with E-state index >= 15 is 0 Å². The molecule has 1 aliphatic heterocycles. The lowest BCUT2D eigenvalue weighted by Gasteiger charge is -2.34. The number of phosphoric acid groups is 1. The zero-order valence-corrected chi connectivity index (χ0v) is 15.4. The molecule has 1 fully saturated rings. The highest BCUT2D eigenvalue weighted by Gasteiger charge is 2.59. The van der Waals surface area contributed by atoms with Crippen LogP contribution in [0.15, 0.2) is 12.7 Å². The second kappa shape index (κ2) is 7.37. The van der Waals surface area contributed by atoms with Gasteiger partial charge in [0.25, 0.3) is 0 Å². The standard InChI is InChI=1S/C13H20N5O8P/c1-3-13(18-6-17-8-11(14)15-5-16-12(8)18)10(25-23-2)9(7(4-19)24-13)26-27(20,21)22/h5-7,9-10,19H,3-4H2,1-2H3,(H2,14,15,16)(H2,20,21,22)/t7-,9-,10-,13-/m1/s1. The van der Waals surface area contributed by atoms with Gasteiger partial charge < -0.3 is 25.4 Å². The van der Waals surface area contributed by atoms with Crippen LogP contribution in [-0.2, 0) is 29.3 Å². The van der Waals surface area contributed by atoms with E-state index in [9.17, 15) is 19.5 Å². The Balaban J connectivity index is 2.16. The van der Waals surface area contributed by atoms with Gasteiger partial charge in [0.05, 0.1) is 20.0 Å². The summed E-state index contributed by atoms with van der Waals surface area (Å²) in [7, 11) is -3.69. The molecule has 0 unspecified atom stereocenters.